The monoisotopic (exact) mass is 1350 g/mol. The molecular weight excluding hydrogens is 1240 g/mol. The normalized spacial score (nSPS) is 15.7. The second kappa shape index (κ2) is 41.1. The molecule has 2 aliphatic rings. The van der Waals surface area contributed by atoms with Crippen LogP contribution >= 0.6 is 0 Å². The SMILES string of the molecule is CCNC(=O)c1nnc(-c2cc(C(C)C)c(O)cc2O)n1-c1ccc(CC2CCN(C(=O)CCOCCOCCOCCOCCOCCOCCNC(=O)CN3CCN(CC(=O)OC(C)(C)C)CCN(CC(=O)OC(C)(C)C)CCN(CC(=O)OC(C)(C)C)CC3)CC2)cc1. The summed E-state index contributed by atoms with van der Waals surface area (Å²) in [5.74, 6) is -1.10. The van der Waals surface area contributed by atoms with Crippen LogP contribution in [0.15, 0.2) is 36.4 Å². The minimum absolute atomic E-state index is 0.0224. The first kappa shape index (κ1) is 80.3. The van der Waals surface area contributed by atoms with Gasteiger partial charge in [-0.15, -0.1) is 10.2 Å². The molecule has 96 heavy (non-hydrogen) atoms. The Morgan fingerprint density at radius 2 is 0.948 bits per heavy atom. The number of hydrogen-bond donors (Lipinski definition) is 4. The molecule has 0 aliphatic carbocycles. The van der Waals surface area contributed by atoms with Crippen molar-refractivity contribution in [3.63, 3.8) is 0 Å². The first-order chi connectivity index (χ1) is 45.6. The number of esters is 3. The molecule has 2 fully saturated rings. The number of rotatable bonds is 36. The van der Waals surface area contributed by atoms with Gasteiger partial charge in [0.15, 0.2) is 5.82 Å². The fourth-order valence-corrected chi connectivity index (χ4v) is 10.7. The summed E-state index contributed by atoms with van der Waals surface area (Å²) >= 11 is 0. The van der Waals surface area contributed by atoms with E-state index in [1.807, 2.05) is 132 Å². The molecule has 540 valence electrons. The highest BCUT2D eigenvalue weighted by atomic mass is 16.6. The maximum atomic E-state index is 13.3. The van der Waals surface area contributed by atoms with Gasteiger partial charge >= 0.3 is 17.9 Å². The first-order valence-corrected chi connectivity index (χ1v) is 34.0. The molecule has 1 aromatic heterocycles. The molecule has 0 bridgehead atoms. The Morgan fingerprint density at radius 3 is 1.36 bits per heavy atom. The van der Waals surface area contributed by atoms with Crippen LogP contribution in [-0.4, -0.2) is 286 Å². The minimum Gasteiger partial charge on any atom is -0.508 e. The molecule has 0 unspecified atom stereocenters. The summed E-state index contributed by atoms with van der Waals surface area (Å²) in [7, 11) is 0. The number of carbonyl (C=O) groups is 6. The number of hydrogen-bond acceptors (Lipinski definition) is 23. The predicted molar refractivity (Wildman–Crippen MR) is 361 cm³/mol. The highest BCUT2D eigenvalue weighted by Crippen LogP contribution is 2.38. The maximum Gasteiger partial charge on any atom is 0.320 e. The molecule has 3 heterocycles. The van der Waals surface area contributed by atoms with Crippen LogP contribution in [0.3, 0.4) is 0 Å². The van der Waals surface area contributed by atoms with Gasteiger partial charge in [-0.1, -0.05) is 26.0 Å². The maximum absolute atomic E-state index is 13.3. The molecule has 3 amide bonds. The topological polar surface area (TPSA) is 297 Å². The number of benzene rings is 2. The third-order valence-electron chi connectivity index (χ3n) is 15.4. The Labute approximate surface area is 568 Å². The van der Waals surface area contributed by atoms with Crippen LogP contribution < -0.4 is 10.6 Å². The number of amides is 3. The van der Waals surface area contributed by atoms with E-state index in [-0.39, 0.29) is 91.6 Å². The Balaban J connectivity index is 0.881. The van der Waals surface area contributed by atoms with Crippen LogP contribution in [0.2, 0.25) is 0 Å². The summed E-state index contributed by atoms with van der Waals surface area (Å²) in [5.41, 5.74) is 0.762. The van der Waals surface area contributed by atoms with E-state index in [9.17, 15) is 39.0 Å². The number of nitrogens with zero attached hydrogens (tertiary/aromatic N) is 8. The van der Waals surface area contributed by atoms with Crippen molar-refractivity contribution in [3.8, 4) is 28.6 Å². The van der Waals surface area contributed by atoms with Gasteiger partial charge in [-0.3, -0.25) is 52.9 Å². The second-order valence-electron chi connectivity index (χ2n) is 27.5. The number of aromatic nitrogens is 3. The van der Waals surface area contributed by atoms with Gasteiger partial charge < -0.3 is 68.4 Å². The van der Waals surface area contributed by atoms with Crippen molar-refractivity contribution in [2.24, 2.45) is 5.92 Å². The summed E-state index contributed by atoms with van der Waals surface area (Å²) in [5, 5.41) is 35.6. The van der Waals surface area contributed by atoms with Gasteiger partial charge in [0.25, 0.3) is 5.91 Å². The standard InChI is InChI=1S/C69H112N10O17/c1-13-70-66(87)65-73-72-64(56-45-55(51(2)3)57(80)46-58(56)81)79(65)54-16-14-52(15-17-54)44-53-18-22-78(23-19-53)60(83)20-32-88-34-36-90-38-40-92-42-43-93-41-39-91-37-35-89-33-21-71-59(82)47-74-24-26-75(48-61(84)94-67(4,5)6)28-30-77(50-63(86)96-69(10,11)12)31-29-76(27-25-74)49-62(85)95-68(7,8)9/h14-17,45-46,51,53,80-81H,13,18-44,47-50H2,1-12H3,(H,70,87)(H,71,82). The average molecular weight is 1350 g/mol. The molecule has 2 aliphatic heterocycles. The summed E-state index contributed by atoms with van der Waals surface area (Å²) in [6.45, 7) is 32.3. The van der Waals surface area contributed by atoms with Gasteiger partial charge in [-0.05, 0) is 130 Å². The molecule has 0 saturated carbocycles. The number of phenols is 2. The van der Waals surface area contributed by atoms with Crippen molar-refractivity contribution in [1.29, 1.82) is 0 Å². The summed E-state index contributed by atoms with van der Waals surface area (Å²) in [6, 6.07) is 10.8. The zero-order chi connectivity index (χ0) is 70.3. The molecule has 4 N–H and O–H groups in total. The van der Waals surface area contributed by atoms with E-state index in [1.54, 1.807) is 10.6 Å². The predicted octanol–water partition coefficient (Wildman–Crippen LogP) is 4.85. The largest absolute Gasteiger partial charge is 0.508 e. The number of carbonyl (C=O) groups excluding carboxylic acids is 6. The van der Waals surface area contributed by atoms with Crippen molar-refractivity contribution in [2.45, 2.75) is 131 Å². The van der Waals surface area contributed by atoms with E-state index in [1.165, 1.54) is 6.07 Å². The number of piperidine rings is 1. The Morgan fingerprint density at radius 1 is 0.531 bits per heavy atom. The highest BCUT2D eigenvalue weighted by molar-refractivity contribution is 5.92. The van der Waals surface area contributed by atoms with Gasteiger partial charge in [0.2, 0.25) is 17.6 Å². The van der Waals surface area contributed by atoms with Gasteiger partial charge in [-0.25, -0.2) is 0 Å². The number of aromatic hydroxyl groups is 2. The van der Waals surface area contributed by atoms with Crippen molar-refractivity contribution in [3.05, 3.63) is 53.3 Å². The van der Waals surface area contributed by atoms with E-state index in [4.69, 9.17) is 42.6 Å². The summed E-state index contributed by atoms with van der Waals surface area (Å²) in [4.78, 5) is 88.4. The van der Waals surface area contributed by atoms with E-state index in [0.717, 1.165) is 24.8 Å². The van der Waals surface area contributed by atoms with Crippen molar-refractivity contribution < 1.29 is 81.6 Å². The average Bonchev–Trinajstić information content (AvgIpc) is 1.62. The molecule has 27 heteroatoms. The summed E-state index contributed by atoms with van der Waals surface area (Å²) in [6.07, 6.45) is 2.90. The van der Waals surface area contributed by atoms with Crippen molar-refractivity contribution in [2.75, 3.05) is 184 Å². The number of nitrogens with one attached hydrogen (secondary N) is 2. The third kappa shape index (κ3) is 31.4. The fraction of sp³-hybridized carbons (Fsp3) is 0.710. The van der Waals surface area contributed by atoms with Crippen LogP contribution in [0.4, 0.5) is 0 Å². The van der Waals surface area contributed by atoms with Crippen LogP contribution in [0.1, 0.15) is 130 Å². The molecule has 0 spiro atoms. The van der Waals surface area contributed by atoms with Crippen LogP contribution in [0, 0.1) is 5.92 Å². The van der Waals surface area contributed by atoms with E-state index in [2.05, 4.69) is 20.8 Å². The highest BCUT2D eigenvalue weighted by Gasteiger charge is 2.29. The Bertz CT molecular complexity index is 2800. The van der Waals surface area contributed by atoms with Gasteiger partial charge in [0.05, 0.1) is 117 Å². The van der Waals surface area contributed by atoms with Crippen molar-refractivity contribution >= 4 is 35.6 Å². The lowest BCUT2D eigenvalue weighted by atomic mass is 9.90. The lowest BCUT2D eigenvalue weighted by Gasteiger charge is -2.34. The van der Waals surface area contributed by atoms with Gasteiger partial charge in [-0.2, -0.15) is 0 Å². The molecule has 0 radical (unpaired) electrons. The van der Waals surface area contributed by atoms with E-state index >= 15 is 0 Å². The van der Waals surface area contributed by atoms with Gasteiger partial charge in [0, 0.05) is 90.3 Å². The lowest BCUT2D eigenvalue weighted by Crippen LogP contribution is -2.50. The Kier molecular flexibility index (Phi) is 34.4. The molecule has 0 atom stereocenters. The number of phenolic OH excluding ortho intramolecular Hbond substituents is 2. The molecule has 2 saturated heterocycles. The van der Waals surface area contributed by atoms with Gasteiger partial charge in [0.1, 0.15) is 28.3 Å². The van der Waals surface area contributed by atoms with Crippen LogP contribution in [0.25, 0.3) is 17.1 Å². The van der Waals surface area contributed by atoms with E-state index in [0.29, 0.717) is 180 Å². The smallest absolute Gasteiger partial charge is 0.320 e. The third-order valence-corrected chi connectivity index (χ3v) is 15.4. The lowest BCUT2D eigenvalue weighted by molar-refractivity contribution is -0.158. The number of likely N-dealkylation sites (tertiary alicyclic amines) is 1. The van der Waals surface area contributed by atoms with E-state index < -0.39 is 22.7 Å². The zero-order valence-corrected chi connectivity index (χ0v) is 59.3. The van der Waals surface area contributed by atoms with Crippen molar-refractivity contribution in [1.82, 2.24) is 49.9 Å². The summed E-state index contributed by atoms with van der Waals surface area (Å²) < 4.78 is 52.5. The quantitative estimate of drug-likeness (QED) is 0.0344. The van der Waals surface area contributed by atoms with Crippen LogP contribution in [0.5, 0.6) is 11.5 Å². The zero-order valence-electron chi connectivity index (χ0n) is 59.3. The second-order valence-corrected chi connectivity index (χ2v) is 27.5. The molecule has 5 rings (SSSR count). The molecule has 27 nitrogen and oxygen atoms in total. The first-order valence-electron chi connectivity index (χ1n) is 34.0. The number of ether oxygens (including phenoxy) is 9. The fourth-order valence-electron chi connectivity index (χ4n) is 10.7. The Hall–Kier alpha value is -6.40. The molecule has 2 aromatic carbocycles. The minimum atomic E-state index is -0.665. The van der Waals surface area contributed by atoms with Crippen LogP contribution in [-0.2, 0) is 73.0 Å². The molecule has 3 aromatic rings. The molecular formula is C69H112N10O17.